The summed E-state index contributed by atoms with van der Waals surface area (Å²) in [5, 5.41) is 6.71. The molecule has 0 radical (unpaired) electrons. The van der Waals surface area contributed by atoms with Gasteiger partial charge in [0.1, 0.15) is 0 Å². The number of carbonyl (C=O) groups is 1. The third-order valence-electron chi connectivity index (χ3n) is 4.07. The van der Waals surface area contributed by atoms with Gasteiger partial charge >= 0.3 is 6.03 Å². The third kappa shape index (κ3) is 3.87. The molecule has 4 nitrogen and oxygen atoms in total. The average Bonchev–Trinajstić information content (AvgIpc) is 2.89. The molecule has 2 amide bonds. The first-order chi connectivity index (χ1) is 8.79. The minimum absolute atomic E-state index is 0.157. The monoisotopic (exact) mass is 253 g/mol. The van der Waals surface area contributed by atoms with Crippen molar-refractivity contribution in [1.29, 1.82) is 0 Å². The van der Waals surface area contributed by atoms with Crippen LogP contribution < -0.4 is 10.6 Å². The highest BCUT2D eigenvalue weighted by molar-refractivity contribution is 5.74. The fourth-order valence-electron chi connectivity index (χ4n) is 3.01. The van der Waals surface area contributed by atoms with Gasteiger partial charge in [0.25, 0.3) is 0 Å². The SMILES string of the molecule is CCCNC1CCCN(C(=O)NC2CCCC2)C1. The molecule has 1 saturated heterocycles. The van der Waals surface area contributed by atoms with E-state index in [0.717, 1.165) is 45.3 Å². The quantitative estimate of drug-likeness (QED) is 0.806. The molecule has 0 aromatic heterocycles. The molecule has 104 valence electrons. The first-order valence-electron chi connectivity index (χ1n) is 7.58. The van der Waals surface area contributed by atoms with Crippen molar-refractivity contribution in [2.75, 3.05) is 19.6 Å². The van der Waals surface area contributed by atoms with E-state index in [0.29, 0.717) is 12.1 Å². The van der Waals surface area contributed by atoms with Gasteiger partial charge in [0, 0.05) is 25.2 Å². The molecule has 1 aliphatic carbocycles. The van der Waals surface area contributed by atoms with Gasteiger partial charge in [-0.05, 0) is 38.6 Å². The predicted octanol–water partition coefficient (Wildman–Crippen LogP) is 2.10. The molecular formula is C14H27N3O. The van der Waals surface area contributed by atoms with E-state index in [1.165, 1.54) is 19.3 Å². The molecule has 18 heavy (non-hydrogen) atoms. The molecule has 2 N–H and O–H groups in total. The Labute approximate surface area is 110 Å². The van der Waals surface area contributed by atoms with Gasteiger partial charge in [0.2, 0.25) is 0 Å². The van der Waals surface area contributed by atoms with E-state index in [-0.39, 0.29) is 6.03 Å². The molecule has 1 aliphatic heterocycles. The van der Waals surface area contributed by atoms with Crippen molar-refractivity contribution in [3.8, 4) is 0 Å². The molecular weight excluding hydrogens is 226 g/mol. The lowest BCUT2D eigenvalue weighted by Gasteiger charge is -2.34. The zero-order valence-electron chi connectivity index (χ0n) is 11.6. The predicted molar refractivity (Wildman–Crippen MR) is 73.7 cm³/mol. The van der Waals surface area contributed by atoms with Gasteiger partial charge < -0.3 is 15.5 Å². The van der Waals surface area contributed by atoms with E-state index in [1.54, 1.807) is 0 Å². The summed E-state index contributed by atoms with van der Waals surface area (Å²) in [6.45, 7) is 5.03. The standard InChI is InChI=1S/C14H27N3O/c1-2-9-15-13-8-5-10-17(11-13)14(18)16-12-6-3-4-7-12/h12-13,15H,2-11H2,1H3,(H,16,18). The Morgan fingerprint density at radius 3 is 2.61 bits per heavy atom. The number of nitrogens with zero attached hydrogens (tertiary/aromatic N) is 1. The van der Waals surface area contributed by atoms with Crippen LogP contribution in [0.1, 0.15) is 51.9 Å². The highest BCUT2D eigenvalue weighted by Gasteiger charge is 2.25. The molecule has 1 unspecified atom stereocenters. The van der Waals surface area contributed by atoms with Crippen molar-refractivity contribution >= 4 is 6.03 Å². The van der Waals surface area contributed by atoms with Crippen molar-refractivity contribution in [3.63, 3.8) is 0 Å². The normalized spacial score (nSPS) is 25.4. The molecule has 4 heteroatoms. The number of piperidine rings is 1. The molecule has 0 aromatic carbocycles. The Hall–Kier alpha value is -0.770. The van der Waals surface area contributed by atoms with Crippen LogP contribution in [-0.2, 0) is 0 Å². The Bertz CT molecular complexity index is 264. The molecule has 2 rings (SSSR count). The molecule has 1 saturated carbocycles. The summed E-state index contributed by atoms with van der Waals surface area (Å²) < 4.78 is 0. The summed E-state index contributed by atoms with van der Waals surface area (Å²) >= 11 is 0. The second-order valence-corrected chi connectivity index (χ2v) is 5.67. The highest BCUT2D eigenvalue weighted by Crippen LogP contribution is 2.18. The Balaban J connectivity index is 1.74. The number of hydrogen-bond acceptors (Lipinski definition) is 2. The van der Waals surface area contributed by atoms with Crippen LogP contribution in [0.25, 0.3) is 0 Å². The summed E-state index contributed by atoms with van der Waals surface area (Å²) in [7, 11) is 0. The fraction of sp³-hybridized carbons (Fsp3) is 0.929. The summed E-state index contributed by atoms with van der Waals surface area (Å²) in [5.74, 6) is 0. The largest absolute Gasteiger partial charge is 0.335 e. The van der Waals surface area contributed by atoms with Crippen LogP contribution in [0.5, 0.6) is 0 Å². The highest BCUT2D eigenvalue weighted by atomic mass is 16.2. The summed E-state index contributed by atoms with van der Waals surface area (Å²) in [4.78, 5) is 14.2. The van der Waals surface area contributed by atoms with Crippen LogP contribution in [0, 0.1) is 0 Å². The zero-order chi connectivity index (χ0) is 12.8. The second-order valence-electron chi connectivity index (χ2n) is 5.67. The van der Waals surface area contributed by atoms with Crippen LogP contribution in [-0.4, -0.2) is 42.6 Å². The molecule has 0 spiro atoms. The maximum absolute atomic E-state index is 12.2. The van der Waals surface area contributed by atoms with Crippen LogP contribution in [0.4, 0.5) is 4.79 Å². The minimum atomic E-state index is 0.157. The van der Waals surface area contributed by atoms with Gasteiger partial charge in [-0.1, -0.05) is 19.8 Å². The number of amides is 2. The van der Waals surface area contributed by atoms with E-state index >= 15 is 0 Å². The molecule has 1 heterocycles. The summed E-state index contributed by atoms with van der Waals surface area (Å²) in [5.41, 5.74) is 0. The molecule has 2 aliphatic rings. The van der Waals surface area contributed by atoms with Gasteiger partial charge in [0.05, 0.1) is 0 Å². The summed E-state index contributed by atoms with van der Waals surface area (Å²) in [6.07, 6.45) is 8.35. The lowest BCUT2D eigenvalue weighted by Crippen LogP contribution is -2.52. The molecule has 0 bridgehead atoms. The van der Waals surface area contributed by atoms with E-state index in [2.05, 4.69) is 17.6 Å². The first-order valence-corrected chi connectivity index (χ1v) is 7.58. The van der Waals surface area contributed by atoms with Gasteiger partial charge in [-0.3, -0.25) is 0 Å². The molecule has 0 aromatic rings. The second kappa shape index (κ2) is 6.98. The van der Waals surface area contributed by atoms with Gasteiger partial charge in [0.15, 0.2) is 0 Å². The van der Waals surface area contributed by atoms with E-state index in [1.807, 2.05) is 4.90 Å². The first kappa shape index (κ1) is 13.7. The van der Waals surface area contributed by atoms with Crippen LogP contribution in [0.2, 0.25) is 0 Å². The van der Waals surface area contributed by atoms with Crippen LogP contribution in [0.3, 0.4) is 0 Å². The topological polar surface area (TPSA) is 44.4 Å². The number of urea groups is 1. The summed E-state index contributed by atoms with van der Waals surface area (Å²) in [6, 6.07) is 1.08. The molecule has 2 fully saturated rings. The number of rotatable bonds is 4. The number of likely N-dealkylation sites (tertiary alicyclic amines) is 1. The van der Waals surface area contributed by atoms with Gasteiger partial charge in [-0.2, -0.15) is 0 Å². The maximum atomic E-state index is 12.2. The van der Waals surface area contributed by atoms with Crippen molar-refractivity contribution in [2.45, 2.75) is 64.0 Å². The van der Waals surface area contributed by atoms with E-state index in [4.69, 9.17) is 0 Å². The third-order valence-corrected chi connectivity index (χ3v) is 4.07. The molecule has 1 atom stereocenters. The number of hydrogen-bond donors (Lipinski definition) is 2. The average molecular weight is 253 g/mol. The Kier molecular flexibility index (Phi) is 5.29. The lowest BCUT2D eigenvalue weighted by atomic mass is 10.1. The van der Waals surface area contributed by atoms with Gasteiger partial charge in [-0.25, -0.2) is 4.79 Å². The van der Waals surface area contributed by atoms with Crippen molar-refractivity contribution in [3.05, 3.63) is 0 Å². The smallest absolute Gasteiger partial charge is 0.317 e. The maximum Gasteiger partial charge on any atom is 0.317 e. The fourth-order valence-corrected chi connectivity index (χ4v) is 3.01. The van der Waals surface area contributed by atoms with Crippen LogP contribution >= 0.6 is 0 Å². The van der Waals surface area contributed by atoms with Crippen molar-refractivity contribution in [1.82, 2.24) is 15.5 Å². The number of nitrogens with one attached hydrogen (secondary N) is 2. The zero-order valence-corrected chi connectivity index (χ0v) is 11.6. The van der Waals surface area contributed by atoms with Crippen molar-refractivity contribution < 1.29 is 4.79 Å². The van der Waals surface area contributed by atoms with E-state index in [9.17, 15) is 4.79 Å². The van der Waals surface area contributed by atoms with Crippen molar-refractivity contribution in [2.24, 2.45) is 0 Å². The Morgan fingerprint density at radius 1 is 1.17 bits per heavy atom. The number of carbonyl (C=O) groups excluding carboxylic acids is 1. The van der Waals surface area contributed by atoms with Crippen LogP contribution in [0.15, 0.2) is 0 Å². The van der Waals surface area contributed by atoms with E-state index < -0.39 is 0 Å². The van der Waals surface area contributed by atoms with Gasteiger partial charge in [-0.15, -0.1) is 0 Å². The Morgan fingerprint density at radius 2 is 1.89 bits per heavy atom. The lowest BCUT2D eigenvalue weighted by molar-refractivity contribution is 0.170. The minimum Gasteiger partial charge on any atom is -0.335 e.